The lowest BCUT2D eigenvalue weighted by atomic mass is 9.95. The summed E-state index contributed by atoms with van der Waals surface area (Å²) in [6.07, 6.45) is 0.592. The van der Waals surface area contributed by atoms with E-state index in [1.54, 1.807) is 12.1 Å². The van der Waals surface area contributed by atoms with E-state index in [9.17, 15) is 9.90 Å². The first-order valence-corrected chi connectivity index (χ1v) is 10.2. The second-order valence-electron chi connectivity index (χ2n) is 7.09. The first-order valence-electron chi connectivity index (χ1n) is 9.42. The average Bonchev–Trinajstić information content (AvgIpc) is 2.66. The lowest BCUT2D eigenvalue weighted by molar-refractivity contribution is -0.122. The number of carbonyl (C=O) groups excluding carboxylic acids is 1. The fourth-order valence-electron chi connectivity index (χ4n) is 2.97. The van der Waals surface area contributed by atoms with Gasteiger partial charge in [-0.25, -0.2) is 0 Å². The first-order chi connectivity index (χ1) is 13.3. The van der Waals surface area contributed by atoms with Crippen LogP contribution in [0, 0.1) is 0 Å². The van der Waals surface area contributed by atoms with Crippen LogP contribution in [0.25, 0.3) is 0 Å². The number of nitrogens with one attached hydrogen (secondary N) is 1. The third-order valence-electron chi connectivity index (χ3n) is 4.54. The van der Waals surface area contributed by atoms with Gasteiger partial charge in [0.25, 0.3) is 0 Å². The van der Waals surface area contributed by atoms with Crippen LogP contribution < -0.4 is 10.1 Å². The van der Waals surface area contributed by atoms with Crippen molar-refractivity contribution in [1.29, 1.82) is 0 Å². The molecule has 1 amide bonds. The van der Waals surface area contributed by atoms with Crippen LogP contribution in [-0.2, 0) is 4.79 Å². The number of carbonyl (C=O) groups is 1. The molecular weight excluding hydrogens is 397 g/mol. The Morgan fingerprint density at radius 2 is 1.82 bits per heavy atom. The van der Waals surface area contributed by atoms with E-state index in [0.717, 1.165) is 16.9 Å². The zero-order valence-electron chi connectivity index (χ0n) is 16.4. The van der Waals surface area contributed by atoms with Crippen molar-refractivity contribution in [3.63, 3.8) is 0 Å². The number of amides is 1. The summed E-state index contributed by atoms with van der Waals surface area (Å²) in [5.74, 6) is 0.302. The van der Waals surface area contributed by atoms with E-state index in [1.807, 2.05) is 51.1 Å². The molecule has 0 heterocycles. The van der Waals surface area contributed by atoms with Crippen molar-refractivity contribution in [1.82, 2.24) is 5.32 Å². The van der Waals surface area contributed by atoms with Gasteiger partial charge in [-0.05, 0) is 62.6 Å². The van der Waals surface area contributed by atoms with Crippen LogP contribution in [0.1, 0.15) is 50.2 Å². The molecule has 2 N–H and O–H groups in total. The van der Waals surface area contributed by atoms with Crippen molar-refractivity contribution in [3.05, 3.63) is 63.6 Å². The Balaban J connectivity index is 2.04. The molecule has 0 aromatic heterocycles. The number of aliphatic hydroxyl groups excluding tert-OH is 1. The topological polar surface area (TPSA) is 58.6 Å². The minimum atomic E-state index is -0.320. The smallest absolute Gasteiger partial charge is 0.227 e. The number of aliphatic hydroxyl groups is 1. The second kappa shape index (κ2) is 10.7. The highest BCUT2D eigenvalue weighted by Gasteiger charge is 2.19. The van der Waals surface area contributed by atoms with Gasteiger partial charge < -0.3 is 15.2 Å². The van der Waals surface area contributed by atoms with Crippen molar-refractivity contribution in [2.75, 3.05) is 13.2 Å². The standard InChI is InChI=1S/C22H27Cl2NO3/c1-14(2)28-19-6-4-5-16(11-19)15(3)22(27)25-13-18(9-10-26)17-7-8-20(23)21(24)12-17/h4-8,11-12,14-15,18,26H,9-10,13H2,1-3H3,(H,25,27). The minimum absolute atomic E-state index is 0.0188. The van der Waals surface area contributed by atoms with Gasteiger partial charge in [-0.15, -0.1) is 0 Å². The van der Waals surface area contributed by atoms with Gasteiger partial charge >= 0.3 is 0 Å². The van der Waals surface area contributed by atoms with Crippen molar-refractivity contribution < 1.29 is 14.6 Å². The fraction of sp³-hybridized carbons (Fsp3) is 0.409. The zero-order chi connectivity index (χ0) is 20.7. The average molecular weight is 424 g/mol. The van der Waals surface area contributed by atoms with Crippen LogP contribution >= 0.6 is 23.2 Å². The van der Waals surface area contributed by atoms with Gasteiger partial charge in [0.2, 0.25) is 5.91 Å². The van der Waals surface area contributed by atoms with Crippen LogP contribution in [0.5, 0.6) is 5.75 Å². The van der Waals surface area contributed by atoms with Crippen LogP contribution in [0.3, 0.4) is 0 Å². The van der Waals surface area contributed by atoms with Crippen molar-refractivity contribution in [2.45, 2.75) is 45.1 Å². The van der Waals surface area contributed by atoms with E-state index in [-0.39, 0.29) is 30.5 Å². The summed E-state index contributed by atoms with van der Waals surface area (Å²) in [5.41, 5.74) is 1.83. The molecule has 0 saturated carbocycles. The van der Waals surface area contributed by atoms with Crippen LogP contribution in [0.2, 0.25) is 10.0 Å². The van der Waals surface area contributed by atoms with E-state index in [4.69, 9.17) is 27.9 Å². The maximum Gasteiger partial charge on any atom is 0.227 e. The van der Waals surface area contributed by atoms with E-state index < -0.39 is 0 Å². The monoisotopic (exact) mass is 423 g/mol. The molecule has 2 atom stereocenters. The maximum absolute atomic E-state index is 12.7. The molecule has 0 aliphatic carbocycles. The maximum atomic E-state index is 12.7. The van der Waals surface area contributed by atoms with Crippen LogP contribution in [0.4, 0.5) is 0 Å². The fourth-order valence-corrected chi connectivity index (χ4v) is 3.27. The molecule has 0 spiro atoms. The molecule has 2 aromatic rings. The molecule has 2 rings (SSSR count). The van der Waals surface area contributed by atoms with Gasteiger partial charge in [0.1, 0.15) is 5.75 Å². The summed E-state index contributed by atoms with van der Waals surface area (Å²) < 4.78 is 5.71. The molecule has 0 radical (unpaired) electrons. The Morgan fingerprint density at radius 1 is 1.07 bits per heavy atom. The van der Waals surface area contributed by atoms with Crippen molar-refractivity contribution in [3.8, 4) is 5.75 Å². The minimum Gasteiger partial charge on any atom is -0.491 e. The summed E-state index contributed by atoms with van der Waals surface area (Å²) >= 11 is 12.1. The molecule has 28 heavy (non-hydrogen) atoms. The van der Waals surface area contributed by atoms with Gasteiger partial charge in [-0.1, -0.05) is 41.4 Å². The van der Waals surface area contributed by atoms with Crippen molar-refractivity contribution >= 4 is 29.1 Å². The molecule has 2 aromatic carbocycles. The van der Waals surface area contributed by atoms with E-state index in [1.165, 1.54) is 0 Å². The zero-order valence-corrected chi connectivity index (χ0v) is 17.9. The molecule has 0 saturated heterocycles. The third-order valence-corrected chi connectivity index (χ3v) is 5.28. The normalized spacial score (nSPS) is 13.2. The molecule has 0 aliphatic heterocycles. The summed E-state index contributed by atoms with van der Waals surface area (Å²) in [6, 6.07) is 13.0. The molecule has 6 heteroatoms. The van der Waals surface area contributed by atoms with Gasteiger partial charge in [0.15, 0.2) is 0 Å². The lowest BCUT2D eigenvalue weighted by Crippen LogP contribution is -2.32. The highest BCUT2D eigenvalue weighted by Crippen LogP contribution is 2.28. The van der Waals surface area contributed by atoms with E-state index in [0.29, 0.717) is 23.0 Å². The number of rotatable bonds is 9. The number of benzene rings is 2. The summed E-state index contributed by atoms with van der Waals surface area (Å²) in [6.45, 7) is 6.22. The van der Waals surface area contributed by atoms with Gasteiger partial charge in [0, 0.05) is 19.1 Å². The number of hydrogen-bond acceptors (Lipinski definition) is 3. The molecule has 0 fully saturated rings. The van der Waals surface area contributed by atoms with E-state index in [2.05, 4.69) is 5.32 Å². The summed E-state index contributed by atoms with van der Waals surface area (Å²) in [5, 5.41) is 13.3. The predicted molar refractivity (Wildman–Crippen MR) is 115 cm³/mol. The van der Waals surface area contributed by atoms with Gasteiger partial charge in [-0.3, -0.25) is 4.79 Å². The molecule has 2 unspecified atom stereocenters. The van der Waals surface area contributed by atoms with Gasteiger partial charge in [0.05, 0.1) is 22.1 Å². The Kier molecular flexibility index (Phi) is 8.61. The Bertz CT molecular complexity index is 795. The molecule has 152 valence electrons. The number of hydrogen-bond donors (Lipinski definition) is 2. The second-order valence-corrected chi connectivity index (χ2v) is 7.90. The Morgan fingerprint density at radius 3 is 2.46 bits per heavy atom. The van der Waals surface area contributed by atoms with E-state index >= 15 is 0 Å². The highest BCUT2D eigenvalue weighted by atomic mass is 35.5. The largest absolute Gasteiger partial charge is 0.491 e. The Labute approximate surface area is 176 Å². The molecular formula is C22H27Cl2NO3. The quantitative estimate of drug-likeness (QED) is 0.584. The molecule has 4 nitrogen and oxygen atoms in total. The first kappa shape index (κ1) is 22.5. The summed E-state index contributed by atoms with van der Waals surface area (Å²) in [7, 11) is 0. The Hall–Kier alpha value is -1.75. The number of halogens is 2. The SMILES string of the molecule is CC(C)Oc1cccc(C(C)C(=O)NCC(CCO)c2ccc(Cl)c(Cl)c2)c1. The highest BCUT2D eigenvalue weighted by molar-refractivity contribution is 6.42. The van der Waals surface area contributed by atoms with Gasteiger partial charge in [-0.2, -0.15) is 0 Å². The summed E-state index contributed by atoms with van der Waals surface area (Å²) in [4.78, 5) is 12.7. The van der Waals surface area contributed by atoms with Crippen LogP contribution in [0.15, 0.2) is 42.5 Å². The van der Waals surface area contributed by atoms with Crippen molar-refractivity contribution in [2.24, 2.45) is 0 Å². The lowest BCUT2D eigenvalue weighted by Gasteiger charge is -2.20. The predicted octanol–water partition coefficient (Wildman–Crippen LogP) is 5.17. The van der Waals surface area contributed by atoms with Crippen LogP contribution in [-0.4, -0.2) is 30.3 Å². The number of ether oxygens (including phenoxy) is 1. The molecule has 0 aliphatic rings. The molecule has 0 bridgehead atoms. The third kappa shape index (κ3) is 6.40.